The summed E-state index contributed by atoms with van der Waals surface area (Å²) < 4.78 is 83.3. The van der Waals surface area contributed by atoms with E-state index in [0.29, 0.717) is 21.5 Å². The largest absolute Gasteiger partial charge is 0.397 e. The second-order valence-corrected chi connectivity index (χ2v) is 10.7. The van der Waals surface area contributed by atoms with E-state index < -0.39 is 64.2 Å². The molecule has 1 fully saturated rings. The number of benzene rings is 1. The van der Waals surface area contributed by atoms with Gasteiger partial charge in [-0.15, -0.1) is 5.10 Å². The number of ether oxygens (including phenoxy) is 1. The minimum Gasteiger partial charge on any atom is -0.388 e. The zero-order valence-corrected chi connectivity index (χ0v) is 20.9. The Labute approximate surface area is 214 Å². The van der Waals surface area contributed by atoms with Crippen molar-refractivity contribution in [2.75, 3.05) is 6.61 Å². The van der Waals surface area contributed by atoms with Crippen LogP contribution < -0.4 is 0 Å². The number of aliphatic hydroxyl groups excluding tert-OH is 2. The van der Waals surface area contributed by atoms with Crippen LogP contribution in [0.15, 0.2) is 46.2 Å². The molecule has 5 unspecified atom stereocenters. The molecule has 36 heavy (non-hydrogen) atoms. The predicted octanol–water partition coefficient (Wildman–Crippen LogP) is 2.12. The minimum atomic E-state index is -4.88. The van der Waals surface area contributed by atoms with E-state index in [0.717, 1.165) is 22.6 Å². The van der Waals surface area contributed by atoms with Gasteiger partial charge in [-0.3, -0.25) is 9.54 Å². The average molecular weight is 613 g/mol. The molecule has 0 amide bonds. The zero-order chi connectivity index (χ0) is 26.2. The molecule has 0 saturated carbocycles. The van der Waals surface area contributed by atoms with E-state index in [2.05, 4.69) is 35.4 Å². The van der Waals surface area contributed by atoms with Gasteiger partial charge in [0.05, 0.1) is 12.8 Å². The Balaban J connectivity index is 1.66. The number of nitrogens with zero attached hydrogens (tertiary/aromatic N) is 4. The van der Waals surface area contributed by atoms with Crippen LogP contribution >= 0.6 is 27.7 Å². The number of aromatic nitrogens is 4. The van der Waals surface area contributed by atoms with Crippen LogP contribution in [0.5, 0.6) is 0 Å². The van der Waals surface area contributed by atoms with Crippen molar-refractivity contribution in [3.05, 3.63) is 58.7 Å². The first kappa shape index (κ1) is 26.9. The Kier molecular flexibility index (Phi) is 8.01. The standard InChI is InChI=1S/C19H16BrF3N4O7S2/c20-9-3-10(5-24-4-9)35-19-18(29)16(17(28)14(34-19)7-33-36(30,31)32)27-6-13(25-26-27)8-1-11(21)15(23)12(22)2-8/h1-6,14,16-19,28-29H,7H2,(H,30,31,32). The fourth-order valence-corrected chi connectivity index (χ4v) is 5.37. The average Bonchev–Trinajstić information content (AvgIpc) is 3.27. The Hall–Kier alpha value is -2.12. The van der Waals surface area contributed by atoms with Gasteiger partial charge < -0.3 is 14.9 Å². The zero-order valence-electron chi connectivity index (χ0n) is 17.6. The first-order valence-electron chi connectivity index (χ1n) is 9.90. The van der Waals surface area contributed by atoms with Gasteiger partial charge in [0.25, 0.3) is 0 Å². The monoisotopic (exact) mass is 612 g/mol. The fourth-order valence-electron chi connectivity index (χ4n) is 3.47. The molecule has 0 radical (unpaired) electrons. The molecule has 17 heteroatoms. The molecule has 0 aliphatic carbocycles. The van der Waals surface area contributed by atoms with Crippen molar-refractivity contribution >= 4 is 38.1 Å². The van der Waals surface area contributed by atoms with E-state index in [1.165, 1.54) is 12.4 Å². The lowest BCUT2D eigenvalue weighted by molar-refractivity contribution is -0.176. The number of rotatable bonds is 7. The molecule has 1 aromatic carbocycles. The molecule has 1 saturated heterocycles. The van der Waals surface area contributed by atoms with Crippen molar-refractivity contribution in [3.63, 3.8) is 0 Å². The first-order chi connectivity index (χ1) is 16.9. The van der Waals surface area contributed by atoms with Gasteiger partial charge in [-0.2, -0.15) is 8.42 Å². The highest BCUT2D eigenvalue weighted by Gasteiger charge is 2.47. The quantitative estimate of drug-likeness (QED) is 0.265. The van der Waals surface area contributed by atoms with E-state index >= 15 is 0 Å². The van der Waals surface area contributed by atoms with E-state index in [9.17, 15) is 31.8 Å². The molecule has 5 atom stereocenters. The molecule has 194 valence electrons. The summed E-state index contributed by atoms with van der Waals surface area (Å²) in [6, 6.07) is 1.75. The molecule has 2 aromatic heterocycles. The maximum atomic E-state index is 13.7. The van der Waals surface area contributed by atoms with Gasteiger partial charge in [0, 0.05) is 27.3 Å². The molecule has 1 aliphatic heterocycles. The highest BCUT2D eigenvalue weighted by molar-refractivity contribution is 9.10. The summed E-state index contributed by atoms with van der Waals surface area (Å²) in [5.74, 6) is -4.57. The van der Waals surface area contributed by atoms with E-state index in [4.69, 9.17) is 9.29 Å². The Morgan fingerprint density at radius 2 is 1.83 bits per heavy atom. The molecule has 11 nitrogen and oxygen atoms in total. The van der Waals surface area contributed by atoms with Crippen LogP contribution in [0.4, 0.5) is 13.2 Å². The van der Waals surface area contributed by atoms with Crippen LogP contribution in [0, 0.1) is 17.5 Å². The van der Waals surface area contributed by atoms with Gasteiger partial charge in [0.15, 0.2) is 17.5 Å². The van der Waals surface area contributed by atoms with Gasteiger partial charge in [-0.25, -0.2) is 22.0 Å². The SMILES string of the molecule is O=S(=O)(O)OCC1OC(Sc2cncc(Br)c2)C(O)C(n2cc(-c3cc(F)c(F)c(F)c3)nn2)C1O. The number of hydrogen-bond acceptors (Lipinski definition) is 10. The second kappa shape index (κ2) is 10.7. The number of pyridine rings is 1. The van der Waals surface area contributed by atoms with Gasteiger partial charge >= 0.3 is 10.4 Å². The van der Waals surface area contributed by atoms with Crippen molar-refractivity contribution in [2.45, 2.75) is 34.7 Å². The Morgan fingerprint density at radius 3 is 2.47 bits per heavy atom. The van der Waals surface area contributed by atoms with E-state index in [1.807, 2.05) is 0 Å². The molecule has 0 spiro atoms. The highest BCUT2D eigenvalue weighted by atomic mass is 79.9. The summed E-state index contributed by atoms with van der Waals surface area (Å²) >= 11 is 4.25. The summed E-state index contributed by atoms with van der Waals surface area (Å²) in [5.41, 5.74) is -1.39. The number of thioether (sulfide) groups is 1. The molecule has 1 aliphatic rings. The molecule has 3 N–H and O–H groups in total. The molecule has 4 rings (SSSR count). The van der Waals surface area contributed by atoms with Crippen LogP contribution in [0.25, 0.3) is 11.3 Å². The molecular formula is C19H16BrF3N4O7S2. The molecular weight excluding hydrogens is 597 g/mol. The number of halogens is 4. The third-order valence-electron chi connectivity index (χ3n) is 5.08. The summed E-state index contributed by atoms with van der Waals surface area (Å²) in [6.07, 6.45) is -0.364. The van der Waals surface area contributed by atoms with Gasteiger partial charge in [-0.05, 0) is 34.1 Å². The van der Waals surface area contributed by atoms with Crippen LogP contribution in [-0.4, -0.2) is 73.5 Å². The Morgan fingerprint density at radius 1 is 1.14 bits per heavy atom. The van der Waals surface area contributed by atoms with Crippen molar-refractivity contribution in [1.82, 2.24) is 20.0 Å². The van der Waals surface area contributed by atoms with Crippen molar-refractivity contribution in [1.29, 1.82) is 0 Å². The fraction of sp³-hybridized carbons (Fsp3) is 0.316. The summed E-state index contributed by atoms with van der Waals surface area (Å²) in [6.45, 7) is -0.813. The smallest absolute Gasteiger partial charge is 0.388 e. The lowest BCUT2D eigenvalue weighted by Gasteiger charge is -2.42. The summed E-state index contributed by atoms with van der Waals surface area (Å²) in [5, 5.41) is 29.5. The maximum absolute atomic E-state index is 13.7. The number of hydrogen-bond donors (Lipinski definition) is 3. The topological polar surface area (TPSA) is 157 Å². The van der Waals surface area contributed by atoms with Crippen LogP contribution in [0.1, 0.15) is 6.04 Å². The van der Waals surface area contributed by atoms with Crippen LogP contribution in [0.3, 0.4) is 0 Å². The summed E-state index contributed by atoms with van der Waals surface area (Å²) in [4.78, 5) is 4.54. The molecule has 3 heterocycles. The molecule has 0 bridgehead atoms. The van der Waals surface area contributed by atoms with Gasteiger partial charge in [0.2, 0.25) is 0 Å². The normalized spacial score (nSPS) is 24.7. The lowest BCUT2D eigenvalue weighted by Crippen LogP contribution is -2.55. The van der Waals surface area contributed by atoms with Gasteiger partial charge in [-0.1, -0.05) is 17.0 Å². The molecule has 3 aromatic rings. The van der Waals surface area contributed by atoms with Gasteiger partial charge in [0.1, 0.15) is 35.5 Å². The van der Waals surface area contributed by atoms with Crippen LogP contribution in [-0.2, 0) is 19.3 Å². The Bertz CT molecular complexity index is 1340. The minimum absolute atomic E-state index is 0.107. The third kappa shape index (κ3) is 6.05. The second-order valence-electron chi connectivity index (χ2n) is 7.52. The van der Waals surface area contributed by atoms with E-state index in [-0.39, 0.29) is 11.3 Å². The lowest BCUT2D eigenvalue weighted by atomic mass is 9.97. The van der Waals surface area contributed by atoms with Crippen molar-refractivity contribution in [3.8, 4) is 11.3 Å². The summed E-state index contributed by atoms with van der Waals surface area (Å²) in [7, 11) is -4.88. The highest BCUT2D eigenvalue weighted by Crippen LogP contribution is 2.39. The van der Waals surface area contributed by atoms with Crippen LogP contribution in [0.2, 0.25) is 0 Å². The number of aliphatic hydroxyl groups is 2. The maximum Gasteiger partial charge on any atom is 0.397 e. The van der Waals surface area contributed by atoms with Crippen molar-refractivity contribution < 1.29 is 45.3 Å². The van der Waals surface area contributed by atoms with E-state index in [1.54, 1.807) is 6.07 Å². The van der Waals surface area contributed by atoms with Crippen molar-refractivity contribution in [2.24, 2.45) is 0 Å². The third-order valence-corrected chi connectivity index (χ3v) is 7.06. The first-order valence-corrected chi connectivity index (χ1v) is 12.9. The predicted molar refractivity (Wildman–Crippen MR) is 120 cm³/mol.